The molecule has 0 bridgehead atoms. The van der Waals surface area contributed by atoms with Crippen molar-refractivity contribution in [2.24, 2.45) is 0 Å². The van der Waals surface area contributed by atoms with E-state index in [0.29, 0.717) is 26.4 Å². The van der Waals surface area contributed by atoms with Gasteiger partial charge in [0.2, 0.25) is 0 Å². The Morgan fingerprint density at radius 1 is 0.686 bits per heavy atom. The molecule has 2 unspecified atom stereocenters. The quantitative estimate of drug-likeness (QED) is 0.184. The monoisotopic (exact) mass is 510 g/mol. The van der Waals surface area contributed by atoms with E-state index in [9.17, 15) is 0 Å². The maximum Gasteiger partial charge on any atom is 0.137 e. The van der Waals surface area contributed by atoms with Crippen LogP contribution in [0.3, 0.4) is 0 Å². The molecule has 1 aromatic rings. The predicted molar refractivity (Wildman–Crippen MR) is 145 cm³/mol. The highest BCUT2D eigenvalue weighted by atomic mass is 32.2. The third-order valence-electron chi connectivity index (χ3n) is 6.21. The fourth-order valence-electron chi connectivity index (χ4n) is 3.96. The van der Waals surface area contributed by atoms with Gasteiger partial charge in [-0.2, -0.15) is 0 Å². The van der Waals surface area contributed by atoms with Gasteiger partial charge in [-0.05, 0) is 44.7 Å². The molecule has 0 radical (unpaired) electrons. The average molecular weight is 511 g/mol. The van der Waals surface area contributed by atoms with Crippen LogP contribution >= 0.6 is 11.8 Å². The summed E-state index contributed by atoms with van der Waals surface area (Å²) in [5.41, 5.74) is 1.06. The number of unbranched alkanes of at least 4 members (excludes halogenated alkanes) is 4. The largest absolute Gasteiger partial charge is 0.379 e. The zero-order valence-corrected chi connectivity index (χ0v) is 23.7. The van der Waals surface area contributed by atoms with Gasteiger partial charge >= 0.3 is 0 Å². The summed E-state index contributed by atoms with van der Waals surface area (Å²) in [5.74, 6) is 0. The number of benzene rings is 1. The number of rotatable bonds is 19. The molecule has 1 aromatic carbocycles. The average Bonchev–Trinajstić information content (AvgIpc) is 2.86. The summed E-state index contributed by atoms with van der Waals surface area (Å²) in [4.78, 5) is 1.17. The van der Waals surface area contributed by atoms with E-state index < -0.39 is 0 Å². The highest BCUT2D eigenvalue weighted by molar-refractivity contribution is 7.99. The van der Waals surface area contributed by atoms with E-state index in [1.165, 1.54) is 10.5 Å². The van der Waals surface area contributed by atoms with E-state index in [1.807, 2.05) is 0 Å². The lowest BCUT2D eigenvalue weighted by Crippen LogP contribution is -2.60. The molecule has 202 valence electrons. The van der Waals surface area contributed by atoms with Crippen LogP contribution in [0.5, 0.6) is 0 Å². The van der Waals surface area contributed by atoms with Gasteiger partial charge < -0.3 is 23.7 Å². The van der Waals surface area contributed by atoms with Gasteiger partial charge in [0.15, 0.2) is 0 Å². The fraction of sp³-hybridized carbons (Fsp3) is 0.793. The van der Waals surface area contributed by atoms with Crippen LogP contribution < -0.4 is 0 Å². The molecule has 5 nitrogen and oxygen atoms in total. The fourth-order valence-corrected chi connectivity index (χ4v) is 5.09. The minimum absolute atomic E-state index is 0.188. The van der Waals surface area contributed by atoms with Crippen molar-refractivity contribution < 1.29 is 23.7 Å². The number of hydrogen-bond donors (Lipinski definition) is 0. The van der Waals surface area contributed by atoms with Crippen LogP contribution in [0.1, 0.15) is 84.6 Å². The molecule has 5 atom stereocenters. The van der Waals surface area contributed by atoms with Gasteiger partial charge in [0.1, 0.15) is 29.9 Å². The maximum absolute atomic E-state index is 6.73. The second kappa shape index (κ2) is 18.6. The molecule has 1 aliphatic rings. The first-order chi connectivity index (χ1) is 17.1. The smallest absolute Gasteiger partial charge is 0.137 e. The van der Waals surface area contributed by atoms with Crippen LogP contribution in [0.2, 0.25) is 0 Å². The molecule has 1 fully saturated rings. The molecule has 6 heteroatoms. The van der Waals surface area contributed by atoms with Crippen molar-refractivity contribution in [1.29, 1.82) is 0 Å². The summed E-state index contributed by atoms with van der Waals surface area (Å²) in [6, 6.07) is 8.62. The molecule has 1 saturated heterocycles. The number of thioether (sulfide) groups is 1. The molecule has 0 aliphatic carbocycles. The van der Waals surface area contributed by atoms with Crippen molar-refractivity contribution in [3.63, 3.8) is 0 Å². The van der Waals surface area contributed by atoms with Crippen molar-refractivity contribution in [2.75, 3.05) is 33.0 Å². The highest BCUT2D eigenvalue weighted by Gasteiger charge is 2.48. The Hall–Kier alpha value is -0.630. The van der Waals surface area contributed by atoms with Gasteiger partial charge in [-0.3, -0.25) is 0 Å². The van der Waals surface area contributed by atoms with E-state index in [-0.39, 0.29) is 29.9 Å². The highest BCUT2D eigenvalue weighted by Crippen LogP contribution is 2.37. The second-order valence-electron chi connectivity index (χ2n) is 9.47. The van der Waals surface area contributed by atoms with Crippen LogP contribution in [-0.4, -0.2) is 62.9 Å². The van der Waals surface area contributed by atoms with Gasteiger partial charge in [-0.25, -0.2) is 0 Å². The molecule has 35 heavy (non-hydrogen) atoms. The molecule has 0 aromatic heterocycles. The molecule has 0 saturated carbocycles. The van der Waals surface area contributed by atoms with E-state index in [4.69, 9.17) is 23.7 Å². The lowest BCUT2D eigenvalue weighted by molar-refractivity contribution is -0.247. The van der Waals surface area contributed by atoms with Crippen molar-refractivity contribution in [3.8, 4) is 0 Å². The summed E-state index contributed by atoms with van der Waals surface area (Å²) in [5, 5.41) is 0. The normalized spacial score (nSPS) is 24.7. The van der Waals surface area contributed by atoms with Gasteiger partial charge in [0.25, 0.3) is 0 Å². The molecule has 2 rings (SSSR count). The zero-order chi connectivity index (χ0) is 25.3. The van der Waals surface area contributed by atoms with Crippen molar-refractivity contribution in [2.45, 2.75) is 121 Å². The minimum Gasteiger partial charge on any atom is -0.379 e. The molecule has 0 N–H and O–H groups in total. The topological polar surface area (TPSA) is 46.2 Å². The van der Waals surface area contributed by atoms with E-state index in [0.717, 1.165) is 58.0 Å². The summed E-state index contributed by atoms with van der Waals surface area (Å²) in [6.07, 6.45) is 7.71. The minimum atomic E-state index is -0.207. The summed E-state index contributed by atoms with van der Waals surface area (Å²) in [6.45, 7) is 14.2. The lowest BCUT2D eigenvalue weighted by Gasteiger charge is -2.46. The Morgan fingerprint density at radius 3 is 1.77 bits per heavy atom. The summed E-state index contributed by atoms with van der Waals surface area (Å²) in [7, 11) is 0. The van der Waals surface area contributed by atoms with Gasteiger partial charge in [0.05, 0.1) is 6.61 Å². The Labute approximate surface area is 219 Å². The third-order valence-corrected chi connectivity index (χ3v) is 7.37. The standard InChI is InChI=1S/C29H50O5S/c1-6-10-18-30-22-25-26(31-19-11-7-2)27(32-20-12-8-3)28(33-21-13-9-4)29(34-25)35-24-16-14-23(5)15-17-24/h14-17,25-29H,6-13,18-22H2,1-5H3/t25?,26-,27+,28+,29?/m1/s1. The summed E-state index contributed by atoms with van der Waals surface area (Å²) < 4.78 is 32.3. The molecular formula is C29H50O5S. The maximum atomic E-state index is 6.73. The third kappa shape index (κ3) is 11.1. The molecule has 0 amide bonds. The van der Waals surface area contributed by atoms with Gasteiger partial charge in [0, 0.05) is 31.3 Å². The lowest BCUT2D eigenvalue weighted by atomic mass is 9.99. The van der Waals surface area contributed by atoms with Gasteiger partial charge in [-0.1, -0.05) is 82.8 Å². The molecule has 1 aliphatic heterocycles. The van der Waals surface area contributed by atoms with Gasteiger partial charge in [-0.15, -0.1) is 0 Å². The Morgan fingerprint density at radius 2 is 1.20 bits per heavy atom. The van der Waals surface area contributed by atoms with Crippen LogP contribution in [0.25, 0.3) is 0 Å². The number of ether oxygens (including phenoxy) is 5. The van der Waals surface area contributed by atoms with Crippen molar-refractivity contribution >= 4 is 11.8 Å². The first-order valence-electron chi connectivity index (χ1n) is 14.0. The van der Waals surface area contributed by atoms with E-state index in [1.54, 1.807) is 11.8 Å². The van der Waals surface area contributed by atoms with E-state index >= 15 is 0 Å². The molecular weight excluding hydrogens is 460 g/mol. The second-order valence-corrected chi connectivity index (χ2v) is 10.6. The van der Waals surface area contributed by atoms with Crippen LogP contribution in [-0.2, 0) is 23.7 Å². The molecule has 1 heterocycles. The Kier molecular flexibility index (Phi) is 16.2. The number of hydrogen-bond acceptors (Lipinski definition) is 6. The van der Waals surface area contributed by atoms with Crippen molar-refractivity contribution in [1.82, 2.24) is 0 Å². The molecule has 0 spiro atoms. The summed E-state index contributed by atoms with van der Waals surface area (Å²) >= 11 is 1.72. The van der Waals surface area contributed by atoms with Crippen LogP contribution in [0.15, 0.2) is 29.2 Å². The Bertz CT molecular complexity index is 640. The SMILES string of the molecule is CCCCOCC1OC(Sc2ccc(C)cc2)[C@@H](OCCCC)[C@@H](OCCCC)[C@@H]1OCCCC. The van der Waals surface area contributed by atoms with E-state index in [2.05, 4.69) is 58.9 Å². The van der Waals surface area contributed by atoms with Crippen LogP contribution in [0.4, 0.5) is 0 Å². The predicted octanol–water partition coefficient (Wildman–Crippen LogP) is 7.18. The Balaban J connectivity index is 2.29. The van der Waals surface area contributed by atoms with Crippen LogP contribution in [0, 0.1) is 6.92 Å². The first kappa shape index (κ1) is 30.6. The zero-order valence-electron chi connectivity index (χ0n) is 22.8. The van der Waals surface area contributed by atoms with Crippen molar-refractivity contribution in [3.05, 3.63) is 29.8 Å². The first-order valence-corrected chi connectivity index (χ1v) is 14.8. The number of aryl methyl sites for hydroxylation is 1.